The van der Waals surface area contributed by atoms with E-state index in [0.717, 1.165) is 30.6 Å². The van der Waals surface area contributed by atoms with E-state index in [9.17, 15) is 9.59 Å². The van der Waals surface area contributed by atoms with Crippen molar-refractivity contribution >= 4 is 23.2 Å². The highest BCUT2D eigenvalue weighted by molar-refractivity contribution is 7.10. The number of carbonyl (C=O) groups is 2. The molecule has 1 atom stereocenters. The predicted molar refractivity (Wildman–Crippen MR) is 122 cm³/mol. The molecular weight excluding hydrogens is 408 g/mol. The molecule has 0 saturated heterocycles. The quantitative estimate of drug-likeness (QED) is 0.519. The van der Waals surface area contributed by atoms with Gasteiger partial charge in [0, 0.05) is 10.9 Å². The molecule has 31 heavy (non-hydrogen) atoms. The minimum Gasteiger partial charge on any atom is -0.457 e. The van der Waals surface area contributed by atoms with Gasteiger partial charge in [-0.1, -0.05) is 55.7 Å². The van der Waals surface area contributed by atoms with Crippen LogP contribution >= 0.6 is 11.3 Å². The van der Waals surface area contributed by atoms with Crippen LogP contribution in [-0.4, -0.2) is 17.9 Å². The monoisotopic (exact) mass is 434 g/mol. The smallest absolute Gasteiger partial charge is 0.255 e. The Kier molecular flexibility index (Phi) is 6.99. The second kappa shape index (κ2) is 10.3. The molecule has 6 heteroatoms. The number of hydrogen-bond acceptors (Lipinski definition) is 4. The lowest BCUT2D eigenvalue weighted by Crippen LogP contribution is -2.44. The molecule has 4 rings (SSSR count). The zero-order chi connectivity index (χ0) is 21.5. The maximum absolute atomic E-state index is 13.2. The maximum atomic E-state index is 13.2. The van der Waals surface area contributed by atoms with Crippen molar-refractivity contribution < 1.29 is 14.3 Å². The van der Waals surface area contributed by atoms with Crippen molar-refractivity contribution in [2.45, 2.75) is 44.2 Å². The standard InChI is InChI=1S/C25H26N2O3S/c28-24(20-14-7-8-15-21(20)30-19-12-5-2-6-13-19)27-23(22-16-9-17-31-22)25(29)26-18-10-3-1-4-11-18/h2,5-9,12-18,23H,1,3-4,10-11H2,(H,26,29)(H,27,28). The first-order valence-corrected chi connectivity index (χ1v) is 11.6. The number of nitrogens with one attached hydrogen (secondary N) is 2. The number of para-hydroxylation sites is 2. The third-order valence-electron chi connectivity index (χ3n) is 5.42. The fraction of sp³-hybridized carbons (Fsp3) is 0.280. The maximum Gasteiger partial charge on any atom is 0.255 e. The lowest BCUT2D eigenvalue weighted by atomic mass is 9.95. The van der Waals surface area contributed by atoms with Gasteiger partial charge in [0.15, 0.2) is 0 Å². The third kappa shape index (κ3) is 5.52. The van der Waals surface area contributed by atoms with E-state index in [1.165, 1.54) is 17.8 Å². The molecule has 2 N–H and O–H groups in total. The van der Waals surface area contributed by atoms with Crippen molar-refractivity contribution in [3.05, 3.63) is 82.6 Å². The van der Waals surface area contributed by atoms with Gasteiger partial charge in [-0.3, -0.25) is 9.59 Å². The molecule has 1 saturated carbocycles. The Balaban J connectivity index is 1.52. The summed E-state index contributed by atoms with van der Waals surface area (Å²) < 4.78 is 5.93. The lowest BCUT2D eigenvalue weighted by molar-refractivity contribution is -0.124. The Bertz CT molecular complexity index is 999. The zero-order valence-corrected chi connectivity index (χ0v) is 18.1. The minimum atomic E-state index is -0.737. The molecule has 0 spiro atoms. The second-order valence-electron chi connectivity index (χ2n) is 7.68. The topological polar surface area (TPSA) is 67.4 Å². The van der Waals surface area contributed by atoms with Gasteiger partial charge in [-0.25, -0.2) is 0 Å². The molecule has 1 aliphatic carbocycles. The first-order chi connectivity index (χ1) is 15.2. The van der Waals surface area contributed by atoms with E-state index in [1.54, 1.807) is 18.2 Å². The number of benzene rings is 2. The van der Waals surface area contributed by atoms with E-state index in [-0.39, 0.29) is 17.9 Å². The average Bonchev–Trinajstić information content (AvgIpc) is 3.33. The summed E-state index contributed by atoms with van der Waals surface area (Å²) in [6, 6.07) is 19.6. The number of amides is 2. The molecule has 2 amide bonds. The Labute approximate surface area is 186 Å². The molecule has 160 valence electrons. The van der Waals surface area contributed by atoms with Crippen LogP contribution in [0.2, 0.25) is 0 Å². The second-order valence-corrected chi connectivity index (χ2v) is 8.66. The molecule has 0 bridgehead atoms. The summed E-state index contributed by atoms with van der Waals surface area (Å²) >= 11 is 1.46. The molecule has 0 radical (unpaired) electrons. The first-order valence-electron chi connectivity index (χ1n) is 10.7. The molecule has 1 aromatic heterocycles. The molecule has 2 aromatic carbocycles. The molecule has 1 fully saturated rings. The van der Waals surface area contributed by atoms with Gasteiger partial charge in [-0.05, 0) is 48.6 Å². The summed E-state index contributed by atoms with van der Waals surface area (Å²) in [5, 5.41) is 7.98. The van der Waals surface area contributed by atoms with E-state index in [4.69, 9.17) is 4.74 Å². The van der Waals surface area contributed by atoms with Crippen molar-refractivity contribution in [2.75, 3.05) is 0 Å². The van der Waals surface area contributed by atoms with E-state index in [1.807, 2.05) is 53.9 Å². The van der Waals surface area contributed by atoms with Crippen molar-refractivity contribution in [3.63, 3.8) is 0 Å². The van der Waals surface area contributed by atoms with Crippen LogP contribution in [0.5, 0.6) is 11.5 Å². The average molecular weight is 435 g/mol. The van der Waals surface area contributed by atoms with Crippen molar-refractivity contribution in [1.29, 1.82) is 0 Å². The highest BCUT2D eigenvalue weighted by Crippen LogP contribution is 2.27. The van der Waals surface area contributed by atoms with Crippen molar-refractivity contribution in [1.82, 2.24) is 10.6 Å². The SMILES string of the molecule is O=C(NC(C(=O)NC1CCCCC1)c1cccs1)c1ccccc1Oc1ccccc1. The number of thiophene rings is 1. The molecule has 1 unspecified atom stereocenters. The summed E-state index contributed by atoms with van der Waals surface area (Å²) in [5.74, 6) is 0.587. The Morgan fingerprint density at radius 3 is 2.39 bits per heavy atom. The van der Waals surface area contributed by atoms with Crippen molar-refractivity contribution in [2.24, 2.45) is 0 Å². The predicted octanol–water partition coefficient (Wildman–Crippen LogP) is 5.46. The van der Waals surface area contributed by atoms with Crippen LogP contribution in [0.15, 0.2) is 72.1 Å². The first kappa shape index (κ1) is 21.1. The highest BCUT2D eigenvalue weighted by Gasteiger charge is 2.27. The van der Waals surface area contributed by atoms with Gasteiger partial charge >= 0.3 is 0 Å². The number of carbonyl (C=O) groups excluding carboxylic acids is 2. The normalized spacial score (nSPS) is 15.1. The third-order valence-corrected chi connectivity index (χ3v) is 6.36. The van der Waals surface area contributed by atoms with Gasteiger partial charge in [0.2, 0.25) is 5.91 Å². The molecule has 1 aliphatic rings. The van der Waals surface area contributed by atoms with Gasteiger partial charge in [0.25, 0.3) is 5.91 Å². The summed E-state index contributed by atoms with van der Waals surface area (Å²) in [6.07, 6.45) is 5.46. The minimum absolute atomic E-state index is 0.163. The van der Waals surface area contributed by atoms with Crippen LogP contribution in [0.25, 0.3) is 0 Å². The van der Waals surface area contributed by atoms with Gasteiger partial charge in [-0.15, -0.1) is 11.3 Å². The van der Waals surface area contributed by atoms with E-state index < -0.39 is 6.04 Å². The number of ether oxygens (including phenoxy) is 1. The van der Waals surface area contributed by atoms with E-state index in [2.05, 4.69) is 10.6 Å². The molecule has 5 nitrogen and oxygen atoms in total. The van der Waals surface area contributed by atoms with Gasteiger partial charge in [0.05, 0.1) is 5.56 Å². The van der Waals surface area contributed by atoms with Gasteiger partial charge in [-0.2, -0.15) is 0 Å². The van der Waals surface area contributed by atoms with Crippen LogP contribution in [0.1, 0.15) is 53.4 Å². The number of hydrogen-bond donors (Lipinski definition) is 2. The molecule has 0 aliphatic heterocycles. The van der Waals surface area contributed by atoms with E-state index >= 15 is 0 Å². The zero-order valence-electron chi connectivity index (χ0n) is 17.3. The molecular formula is C25H26N2O3S. The summed E-state index contributed by atoms with van der Waals surface area (Å²) in [4.78, 5) is 27.1. The fourth-order valence-corrected chi connectivity index (χ4v) is 4.59. The summed E-state index contributed by atoms with van der Waals surface area (Å²) in [7, 11) is 0. The largest absolute Gasteiger partial charge is 0.457 e. The Morgan fingerprint density at radius 2 is 1.65 bits per heavy atom. The van der Waals surface area contributed by atoms with Crippen LogP contribution in [0.3, 0.4) is 0 Å². The van der Waals surface area contributed by atoms with Gasteiger partial charge < -0.3 is 15.4 Å². The molecule has 1 heterocycles. The van der Waals surface area contributed by atoms with Crippen LogP contribution in [0.4, 0.5) is 0 Å². The van der Waals surface area contributed by atoms with Gasteiger partial charge in [0.1, 0.15) is 17.5 Å². The summed E-state index contributed by atoms with van der Waals surface area (Å²) in [5.41, 5.74) is 0.387. The highest BCUT2D eigenvalue weighted by atomic mass is 32.1. The van der Waals surface area contributed by atoms with E-state index in [0.29, 0.717) is 17.1 Å². The number of rotatable bonds is 7. The lowest BCUT2D eigenvalue weighted by Gasteiger charge is -2.26. The summed E-state index contributed by atoms with van der Waals surface area (Å²) in [6.45, 7) is 0. The molecule has 3 aromatic rings. The van der Waals surface area contributed by atoms with Crippen LogP contribution in [0, 0.1) is 0 Å². The Hall–Kier alpha value is -3.12. The Morgan fingerprint density at radius 1 is 0.903 bits per heavy atom. The van der Waals surface area contributed by atoms with Crippen molar-refractivity contribution in [3.8, 4) is 11.5 Å². The fourth-order valence-electron chi connectivity index (χ4n) is 3.82. The van der Waals surface area contributed by atoms with Crippen LogP contribution in [-0.2, 0) is 4.79 Å². The van der Waals surface area contributed by atoms with Crippen LogP contribution < -0.4 is 15.4 Å².